The highest BCUT2D eigenvalue weighted by atomic mass is 79.9. The van der Waals surface area contributed by atoms with Crippen molar-refractivity contribution in [1.82, 2.24) is 5.32 Å². The minimum atomic E-state index is -0.333. The molecule has 2 rings (SSSR count). The number of amides is 1. The van der Waals surface area contributed by atoms with Crippen molar-refractivity contribution >= 4 is 44.9 Å². The number of rotatable bonds is 4. The van der Waals surface area contributed by atoms with E-state index < -0.39 is 0 Å². The standard InChI is InChI=1S/C16H15BrN2O3S/c1-21-13-8-3-10(9-14(13)22-2)15(20)19-16(23)18-12-6-4-11(17)5-7-12/h3-9H,1-2H3,(H2,18,19,20,23). The Morgan fingerprint density at radius 2 is 1.70 bits per heavy atom. The van der Waals surface area contributed by atoms with Crippen LogP contribution in [0.2, 0.25) is 0 Å². The number of hydrogen-bond acceptors (Lipinski definition) is 4. The highest BCUT2D eigenvalue weighted by Gasteiger charge is 2.12. The van der Waals surface area contributed by atoms with Crippen molar-refractivity contribution in [3.05, 3.63) is 52.5 Å². The third-order valence-electron chi connectivity index (χ3n) is 2.97. The molecule has 0 saturated carbocycles. The lowest BCUT2D eigenvalue weighted by atomic mass is 10.2. The normalized spacial score (nSPS) is 9.87. The molecular formula is C16H15BrN2O3S. The Kier molecular flexibility index (Phi) is 5.95. The number of carbonyl (C=O) groups is 1. The van der Waals surface area contributed by atoms with E-state index in [1.54, 1.807) is 18.2 Å². The predicted octanol–water partition coefficient (Wildman–Crippen LogP) is 3.59. The minimum absolute atomic E-state index is 0.215. The van der Waals surface area contributed by atoms with E-state index in [1.165, 1.54) is 14.2 Å². The van der Waals surface area contributed by atoms with Gasteiger partial charge in [0.2, 0.25) is 0 Å². The zero-order valence-electron chi connectivity index (χ0n) is 12.6. The molecule has 2 aromatic carbocycles. The van der Waals surface area contributed by atoms with Gasteiger partial charge in [-0.05, 0) is 54.7 Å². The molecule has 0 saturated heterocycles. The first kappa shape index (κ1) is 17.2. The molecule has 120 valence electrons. The van der Waals surface area contributed by atoms with Gasteiger partial charge in [-0.2, -0.15) is 0 Å². The van der Waals surface area contributed by atoms with Crippen LogP contribution in [-0.4, -0.2) is 25.2 Å². The zero-order chi connectivity index (χ0) is 16.8. The van der Waals surface area contributed by atoms with Gasteiger partial charge >= 0.3 is 0 Å². The smallest absolute Gasteiger partial charge is 0.257 e. The topological polar surface area (TPSA) is 59.6 Å². The molecular weight excluding hydrogens is 380 g/mol. The molecule has 0 atom stereocenters. The van der Waals surface area contributed by atoms with E-state index >= 15 is 0 Å². The van der Waals surface area contributed by atoms with Gasteiger partial charge in [-0.15, -0.1) is 0 Å². The molecule has 0 aliphatic carbocycles. The Labute approximate surface area is 148 Å². The van der Waals surface area contributed by atoms with Crippen LogP contribution in [0.25, 0.3) is 0 Å². The number of carbonyl (C=O) groups excluding carboxylic acids is 1. The maximum absolute atomic E-state index is 12.2. The van der Waals surface area contributed by atoms with Gasteiger partial charge in [-0.3, -0.25) is 10.1 Å². The number of benzene rings is 2. The predicted molar refractivity (Wildman–Crippen MR) is 97.4 cm³/mol. The van der Waals surface area contributed by atoms with Gasteiger partial charge < -0.3 is 14.8 Å². The summed E-state index contributed by atoms with van der Waals surface area (Å²) in [4.78, 5) is 12.2. The first-order valence-electron chi connectivity index (χ1n) is 6.63. The first-order chi connectivity index (χ1) is 11.0. The molecule has 1 amide bonds. The monoisotopic (exact) mass is 394 g/mol. The maximum Gasteiger partial charge on any atom is 0.257 e. The minimum Gasteiger partial charge on any atom is -0.493 e. The molecule has 0 radical (unpaired) electrons. The second kappa shape index (κ2) is 7.94. The SMILES string of the molecule is COc1ccc(C(=O)NC(=S)Nc2ccc(Br)cc2)cc1OC. The van der Waals surface area contributed by atoms with Crippen molar-refractivity contribution in [2.75, 3.05) is 19.5 Å². The Morgan fingerprint density at radius 1 is 1.04 bits per heavy atom. The molecule has 0 aromatic heterocycles. The summed E-state index contributed by atoms with van der Waals surface area (Å²) in [7, 11) is 3.05. The summed E-state index contributed by atoms with van der Waals surface area (Å²) in [6.45, 7) is 0. The van der Waals surface area contributed by atoms with Gasteiger partial charge in [0, 0.05) is 15.7 Å². The fourth-order valence-electron chi connectivity index (χ4n) is 1.85. The summed E-state index contributed by atoms with van der Waals surface area (Å²) in [6, 6.07) is 12.3. The molecule has 0 aliphatic rings. The number of methoxy groups -OCH3 is 2. The van der Waals surface area contributed by atoms with E-state index in [4.69, 9.17) is 21.7 Å². The third-order valence-corrected chi connectivity index (χ3v) is 3.71. The van der Waals surface area contributed by atoms with Crippen LogP contribution < -0.4 is 20.1 Å². The molecule has 7 heteroatoms. The van der Waals surface area contributed by atoms with E-state index in [0.717, 1.165) is 10.2 Å². The van der Waals surface area contributed by atoms with Crippen LogP contribution in [0.4, 0.5) is 5.69 Å². The second-order valence-corrected chi connectivity index (χ2v) is 5.81. The Morgan fingerprint density at radius 3 is 2.30 bits per heavy atom. The largest absolute Gasteiger partial charge is 0.493 e. The average molecular weight is 395 g/mol. The third kappa shape index (κ3) is 4.67. The maximum atomic E-state index is 12.2. The van der Waals surface area contributed by atoms with Crippen LogP contribution in [0.1, 0.15) is 10.4 Å². The molecule has 0 spiro atoms. The molecule has 0 heterocycles. The van der Waals surface area contributed by atoms with Crippen molar-refractivity contribution in [3.8, 4) is 11.5 Å². The summed E-state index contributed by atoms with van der Waals surface area (Å²) in [5.74, 6) is 0.701. The van der Waals surface area contributed by atoms with Crippen LogP contribution in [-0.2, 0) is 0 Å². The van der Waals surface area contributed by atoms with Gasteiger partial charge in [-0.1, -0.05) is 15.9 Å². The summed E-state index contributed by atoms with van der Waals surface area (Å²) >= 11 is 8.50. The average Bonchev–Trinajstić information content (AvgIpc) is 2.56. The number of hydrogen-bond donors (Lipinski definition) is 2. The van der Waals surface area contributed by atoms with Crippen LogP contribution in [0.15, 0.2) is 46.9 Å². The van der Waals surface area contributed by atoms with Gasteiger partial charge in [0.15, 0.2) is 16.6 Å². The van der Waals surface area contributed by atoms with E-state index in [9.17, 15) is 4.79 Å². The fourth-order valence-corrected chi connectivity index (χ4v) is 2.32. The van der Waals surface area contributed by atoms with Crippen molar-refractivity contribution in [1.29, 1.82) is 0 Å². The highest BCUT2D eigenvalue weighted by Crippen LogP contribution is 2.27. The van der Waals surface area contributed by atoms with Gasteiger partial charge in [0.05, 0.1) is 14.2 Å². The molecule has 0 aliphatic heterocycles. The Bertz CT molecular complexity index is 720. The quantitative estimate of drug-likeness (QED) is 0.775. The molecule has 5 nitrogen and oxygen atoms in total. The van der Waals surface area contributed by atoms with Crippen LogP contribution >= 0.6 is 28.1 Å². The molecule has 0 fully saturated rings. The van der Waals surface area contributed by atoms with Crippen molar-refractivity contribution in [3.63, 3.8) is 0 Å². The zero-order valence-corrected chi connectivity index (χ0v) is 15.0. The number of halogens is 1. The highest BCUT2D eigenvalue weighted by molar-refractivity contribution is 9.10. The lowest BCUT2D eigenvalue weighted by Gasteiger charge is -2.11. The molecule has 2 aromatic rings. The van der Waals surface area contributed by atoms with E-state index in [0.29, 0.717) is 17.1 Å². The van der Waals surface area contributed by atoms with Gasteiger partial charge in [-0.25, -0.2) is 0 Å². The summed E-state index contributed by atoms with van der Waals surface area (Å²) < 4.78 is 11.3. The summed E-state index contributed by atoms with van der Waals surface area (Å²) in [6.07, 6.45) is 0. The van der Waals surface area contributed by atoms with Crippen LogP contribution in [0.5, 0.6) is 11.5 Å². The Hall–Kier alpha value is -2.12. The van der Waals surface area contributed by atoms with E-state index in [2.05, 4.69) is 26.6 Å². The Balaban J connectivity index is 2.03. The lowest BCUT2D eigenvalue weighted by Crippen LogP contribution is -2.34. The van der Waals surface area contributed by atoms with Crippen LogP contribution in [0, 0.1) is 0 Å². The first-order valence-corrected chi connectivity index (χ1v) is 7.83. The number of ether oxygens (including phenoxy) is 2. The van der Waals surface area contributed by atoms with Gasteiger partial charge in [0.1, 0.15) is 0 Å². The fraction of sp³-hybridized carbons (Fsp3) is 0.125. The van der Waals surface area contributed by atoms with Crippen molar-refractivity contribution in [2.24, 2.45) is 0 Å². The number of thiocarbonyl (C=S) groups is 1. The molecule has 23 heavy (non-hydrogen) atoms. The molecule has 0 unspecified atom stereocenters. The lowest BCUT2D eigenvalue weighted by molar-refractivity contribution is 0.0977. The number of nitrogens with one attached hydrogen (secondary N) is 2. The molecule has 0 bridgehead atoms. The summed E-state index contributed by atoms with van der Waals surface area (Å²) in [5.41, 5.74) is 1.20. The van der Waals surface area contributed by atoms with Crippen LogP contribution in [0.3, 0.4) is 0 Å². The second-order valence-electron chi connectivity index (χ2n) is 4.48. The molecule has 2 N–H and O–H groups in total. The van der Waals surface area contributed by atoms with E-state index in [1.807, 2.05) is 24.3 Å². The van der Waals surface area contributed by atoms with Crippen molar-refractivity contribution in [2.45, 2.75) is 0 Å². The van der Waals surface area contributed by atoms with Gasteiger partial charge in [0.25, 0.3) is 5.91 Å². The van der Waals surface area contributed by atoms with E-state index in [-0.39, 0.29) is 11.0 Å². The number of anilines is 1. The summed E-state index contributed by atoms with van der Waals surface area (Å²) in [5, 5.41) is 5.78. The van der Waals surface area contributed by atoms with Crippen molar-refractivity contribution < 1.29 is 14.3 Å².